The summed E-state index contributed by atoms with van der Waals surface area (Å²) in [4.78, 5) is 28.8. The molecule has 0 saturated heterocycles. The molecule has 3 aromatic rings. The number of nitrogens with zero attached hydrogens (tertiary/aromatic N) is 1. The largest absolute Gasteiger partial charge is 0.494 e. The van der Waals surface area contributed by atoms with Gasteiger partial charge in [-0.05, 0) is 61.6 Å². The summed E-state index contributed by atoms with van der Waals surface area (Å²) < 4.78 is 17.0. The highest BCUT2D eigenvalue weighted by atomic mass is 16.5. The highest BCUT2D eigenvalue weighted by Gasteiger charge is 2.42. The summed E-state index contributed by atoms with van der Waals surface area (Å²) in [5, 5.41) is 0.515. The summed E-state index contributed by atoms with van der Waals surface area (Å²) in [5.74, 6) is 0.650. The quantitative estimate of drug-likeness (QED) is 0.476. The zero-order chi connectivity index (χ0) is 22.8. The predicted octanol–water partition coefficient (Wildman–Crippen LogP) is 4.78. The van der Waals surface area contributed by atoms with Crippen LogP contribution in [0, 0.1) is 13.8 Å². The van der Waals surface area contributed by atoms with Crippen LogP contribution in [0.2, 0.25) is 0 Å². The molecule has 2 heterocycles. The van der Waals surface area contributed by atoms with Crippen LogP contribution in [0.3, 0.4) is 0 Å². The first-order valence-electron chi connectivity index (χ1n) is 11.1. The average molecular weight is 436 g/mol. The molecule has 6 nitrogen and oxygen atoms in total. The van der Waals surface area contributed by atoms with Crippen molar-refractivity contribution in [3.8, 4) is 5.75 Å². The summed E-state index contributed by atoms with van der Waals surface area (Å²) in [6.07, 6.45) is 1.59. The van der Waals surface area contributed by atoms with Crippen LogP contribution in [0.1, 0.15) is 58.6 Å². The molecule has 0 radical (unpaired) electrons. The Kier molecular flexibility index (Phi) is 6.33. The molecule has 32 heavy (non-hydrogen) atoms. The number of benzene rings is 2. The third-order valence-electron chi connectivity index (χ3n) is 5.81. The SMILES string of the molecule is CCCOc1ccc(C2c3c(oc4c(C)cc(C)cc4c3=O)C(=O)N2CCCOC)cc1. The number of aryl methyl sites for hydroxylation is 2. The van der Waals surface area contributed by atoms with Crippen molar-refractivity contribution in [2.75, 3.05) is 26.9 Å². The van der Waals surface area contributed by atoms with Crippen LogP contribution in [-0.4, -0.2) is 37.7 Å². The lowest BCUT2D eigenvalue weighted by molar-refractivity contribution is 0.0708. The van der Waals surface area contributed by atoms with E-state index in [1.165, 1.54) is 0 Å². The molecule has 0 N–H and O–H groups in total. The van der Waals surface area contributed by atoms with E-state index >= 15 is 0 Å². The molecule has 1 aliphatic heterocycles. The Morgan fingerprint density at radius 1 is 1.06 bits per heavy atom. The second-order valence-corrected chi connectivity index (χ2v) is 8.30. The van der Waals surface area contributed by atoms with Gasteiger partial charge in [-0.3, -0.25) is 9.59 Å². The van der Waals surface area contributed by atoms with Gasteiger partial charge >= 0.3 is 0 Å². The van der Waals surface area contributed by atoms with Crippen molar-refractivity contribution in [2.24, 2.45) is 0 Å². The summed E-state index contributed by atoms with van der Waals surface area (Å²) >= 11 is 0. The molecule has 4 rings (SSSR count). The van der Waals surface area contributed by atoms with E-state index in [2.05, 4.69) is 6.92 Å². The Morgan fingerprint density at radius 3 is 2.50 bits per heavy atom. The number of carbonyl (C=O) groups is 1. The first-order valence-corrected chi connectivity index (χ1v) is 11.1. The van der Waals surface area contributed by atoms with E-state index in [1.54, 1.807) is 12.0 Å². The molecule has 6 heteroatoms. The smallest absolute Gasteiger partial charge is 0.290 e. The average Bonchev–Trinajstić information content (AvgIpc) is 3.06. The number of ether oxygens (including phenoxy) is 2. The van der Waals surface area contributed by atoms with E-state index in [4.69, 9.17) is 13.9 Å². The molecule has 168 valence electrons. The molecular weight excluding hydrogens is 406 g/mol. The zero-order valence-electron chi connectivity index (χ0n) is 19.1. The van der Waals surface area contributed by atoms with E-state index in [0.717, 1.165) is 28.9 Å². The third kappa shape index (κ3) is 3.91. The molecule has 1 aliphatic rings. The zero-order valence-corrected chi connectivity index (χ0v) is 19.1. The van der Waals surface area contributed by atoms with Crippen LogP contribution in [-0.2, 0) is 4.74 Å². The van der Waals surface area contributed by atoms with E-state index in [9.17, 15) is 9.59 Å². The molecule has 1 unspecified atom stereocenters. The minimum Gasteiger partial charge on any atom is -0.494 e. The Morgan fingerprint density at radius 2 is 1.81 bits per heavy atom. The first kappa shape index (κ1) is 22.1. The van der Waals surface area contributed by atoms with Gasteiger partial charge in [-0.1, -0.05) is 25.1 Å². The lowest BCUT2D eigenvalue weighted by atomic mass is 9.97. The molecular formula is C26H29NO5. The minimum absolute atomic E-state index is 0.142. The number of methoxy groups -OCH3 is 1. The summed E-state index contributed by atoms with van der Waals surface area (Å²) in [6, 6.07) is 10.9. The number of fused-ring (bicyclic) bond motifs is 2. The predicted molar refractivity (Wildman–Crippen MR) is 124 cm³/mol. The molecule has 1 amide bonds. The molecule has 0 saturated carbocycles. The molecule has 0 spiro atoms. The van der Waals surface area contributed by atoms with Gasteiger partial charge in [0, 0.05) is 20.3 Å². The van der Waals surface area contributed by atoms with Crippen LogP contribution >= 0.6 is 0 Å². The van der Waals surface area contributed by atoms with Gasteiger partial charge in [0.25, 0.3) is 5.91 Å². The first-order chi connectivity index (χ1) is 15.5. The lowest BCUT2D eigenvalue weighted by Gasteiger charge is -2.25. The van der Waals surface area contributed by atoms with E-state index in [-0.39, 0.29) is 17.1 Å². The Balaban J connectivity index is 1.85. The molecule has 0 aliphatic carbocycles. The Bertz CT molecular complexity index is 1200. The van der Waals surface area contributed by atoms with E-state index < -0.39 is 6.04 Å². The summed E-state index contributed by atoms with van der Waals surface area (Å²) in [7, 11) is 1.63. The van der Waals surface area contributed by atoms with E-state index in [1.807, 2.05) is 50.2 Å². The van der Waals surface area contributed by atoms with E-state index in [0.29, 0.717) is 42.7 Å². The van der Waals surface area contributed by atoms with Crippen molar-refractivity contribution in [3.05, 3.63) is 74.6 Å². The third-order valence-corrected chi connectivity index (χ3v) is 5.81. The fourth-order valence-electron chi connectivity index (χ4n) is 4.40. The van der Waals surface area contributed by atoms with Crippen molar-refractivity contribution >= 4 is 16.9 Å². The molecule has 1 atom stereocenters. The van der Waals surface area contributed by atoms with Gasteiger partial charge in [0.2, 0.25) is 5.76 Å². The maximum atomic E-state index is 13.6. The van der Waals surface area contributed by atoms with Crippen LogP contribution in [0.25, 0.3) is 11.0 Å². The van der Waals surface area contributed by atoms with Gasteiger partial charge in [0.1, 0.15) is 11.3 Å². The lowest BCUT2D eigenvalue weighted by Crippen LogP contribution is -2.31. The van der Waals surface area contributed by atoms with Crippen LogP contribution in [0.15, 0.2) is 45.6 Å². The number of amides is 1. The summed E-state index contributed by atoms with van der Waals surface area (Å²) in [5.41, 5.74) is 3.43. The highest BCUT2D eigenvalue weighted by molar-refractivity contribution is 5.99. The topological polar surface area (TPSA) is 69.0 Å². The monoisotopic (exact) mass is 435 g/mol. The number of hydrogen-bond donors (Lipinski definition) is 0. The molecule has 0 fully saturated rings. The number of rotatable bonds is 8. The van der Waals surface area contributed by atoms with Crippen molar-refractivity contribution < 1.29 is 18.7 Å². The Hall–Kier alpha value is -3.12. The van der Waals surface area contributed by atoms with Gasteiger partial charge in [0.15, 0.2) is 5.43 Å². The fourth-order valence-corrected chi connectivity index (χ4v) is 4.40. The van der Waals surface area contributed by atoms with Crippen LogP contribution in [0.4, 0.5) is 0 Å². The number of carbonyl (C=O) groups excluding carboxylic acids is 1. The standard InChI is InChI=1S/C26H29NO5/c1-5-12-31-19-9-7-18(8-10-19)22-21-23(28)20-15-16(2)14-17(3)24(20)32-25(21)26(29)27(22)11-6-13-30-4/h7-10,14-15,22H,5-6,11-13H2,1-4H3. The van der Waals surface area contributed by atoms with Gasteiger partial charge in [-0.2, -0.15) is 0 Å². The van der Waals surface area contributed by atoms with Crippen molar-refractivity contribution in [1.29, 1.82) is 0 Å². The van der Waals surface area contributed by atoms with Crippen LogP contribution < -0.4 is 10.2 Å². The maximum Gasteiger partial charge on any atom is 0.290 e. The van der Waals surface area contributed by atoms with Gasteiger partial charge in [0.05, 0.1) is 23.6 Å². The molecule has 0 bridgehead atoms. The second kappa shape index (κ2) is 9.17. The normalized spacial score (nSPS) is 15.4. The maximum absolute atomic E-state index is 13.6. The summed E-state index contributed by atoms with van der Waals surface area (Å²) in [6.45, 7) is 7.53. The number of hydrogen-bond acceptors (Lipinski definition) is 5. The second-order valence-electron chi connectivity index (χ2n) is 8.30. The van der Waals surface area contributed by atoms with Crippen molar-refractivity contribution in [2.45, 2.75) is 39.7 Å². The van der Waals surface area contributed by atoms with Crippen molar-refractivity contribution in [1.82, 2.24) is 4.90 Å². The van der Waals surface area contributed by atoms with Gasteiger partial charge < -0.3 is 18.8 Å². The minimum atomic E-state index is -0.504. The van der Waals surface area contributed by atoms with Crippen molar-refractivity contribution in [3.63, 3.8) is 0 Å². The Labute approximate surface area is 187 Å². The van der Waals surface area contributed by atoms with Gasteiger partial charge in [-0.15, -0.1) is 0 Å². The molecule has 2 aromatic carbocycles. The van der Waals surface area contributed by atoms with Crippen LogP contribution in [0.5, 0.6) is 5.75 Å². The fraction of sp³-hybridized carbons (Fsp3) is 0.385. The highest BCUT2D eigenvalue weighted by Crippen LogP contribution is 2.39. The molecule has 1 aromatic heterocycles. The van der Waals surface area contributed by atoms with Gasteiger partial charge in [-0.25, -0.2) is 0 Å².